The molecule has 2 heterocycles. The van der Waals surface area contributed by atoms with Crippen molar-refractivity contribution >= 4 is 10.0 Å². The van der Waals surface area contributed by atoms with Crippen LogP contribution in [0.4, 0.5) is 13.2 Å². The SMILES string of the molecule is COc1ccc(S(=O)(=O)N(Cc2cccnc2)Cc2nccn2Cc2ccccc2C(F)(F)F)cc1. The van der Waals surface area contributed by atoms with Gasteiger partial charge in [-0.25, -0.2) is 13.4 Å². The fourth-order valence-electron chi connectivity index (χ4n) is 3.73. The molecule has 7 nitrogen and oxygen atoms in total. The second-order valence-corrected chi connectivity index (χ2v) is 9.87. The predicted octanol–water partition coefficient (Wildman–Crippen LogP) is 4.74. The van der Waals surface area contributed by atoms with E-state index < -0.39 is 21.8 Å². The molecule has 0 aliphatic rings. The van der Waals surface area contributed by atoms with Crippen molar-refractivity contribution in [2.45, 2.75) is 30.7 Å². The standard InChI is InChI=1S/C25H23F3N4O3S/c1-35-21-8-10-22(11-9-21)36(33,34)32(16-19-5-4-12-29-15-19)18-24-30-13-14-31(24)17-20-6-2-3-7-23(20)25(26,27)28/h2-15H,16-18H2,1H3. The zero-order valence-electron chi connectivity index (χ0n) is 19.3. The van der Waals surface area contributed by atoms with E-state index in [-0.39, 0.29) is 30.1 Å². The Labute approximate surface area is 206 Å². The van der Waals surface area contributed by atoms with Gasteiger partial charge in [-0.05, 0) is 47.5 Å². The first-order valence-electron chi connectivity index (χ1n) is 10.9. The molecule has 0 radical (unpaired) electrons. The van der Waals surface area contributed by atoms with Crippen LogP contribution in [-0.2, 0) is 35.8 Å². The van der Waals surface area contributed by atoms with Crippen molar-refractivity contribution in [3.05, 3.63) is 108 Å². The van der Waals surface area contributed by atoms with Crippen molar-refractivity contribution in [3.63, 3.8) is 0 Å². The third kappa shape index (κ3) is 5.74. The van der Waals surface area contributed by atoms with Crippen LogP contribution in [0.15, 0.2) is 90.3 Å². The summed E-state index contributed by atoms with van der Waals surface area (Å²) in [5.74, 6) is 0.805. The summed E-state index contributed by atoms with van der Waals surface area (Å²) in [5, 5.41) is 0. The van der Waals surface area contributed by atoms with Crippen LogP contribution >= 0.6 is 0 Å². The minimum atomic E-state index is -4.51. The highest BCUT2D eigenvalue weighted by Crippen LogP contribution is 2.32. The molecule has 0 atom stereocenters. The highest BCUT2D eigenvalue weighted by Gasteiger charge is 2.33. The number of hydrogen-bond acceptors (Lipinski definition) is 5. The van der Waals surface area contributed by atoms with Gasteiger partial charge in [-0.2, -0.15) is 17.5 Å². The maximum Gasteiger partial charge on any atom is 0.416 e. The number of hydrogen-bond donors (Lipinski definition) is 0. The van der Waals surface area contributed by atoms with Crippen LogP contribution in [0.25, 0.3) is 0 Å². The summed E-state index contributed by atoms with van der Waals surface area (Å²) in [6.45, 7) is -0.285. The van der Waals surface area contributed by atoms with Crippen LogP contribution in [0.5, 0.6) is 5.75 Å². The van der Waals surface area contributed by atoms with Crippen LogP contribution in [-0.4, -0.2) is 34.4 Å². The van der Waals surface area contributed by atoms with Gasteiger partial charge in [0, 0.05) is 37.9 Å². The fourth-order valence-corrected chi connectivity index (χ4v) is 5.11. The summed E-state index contributed by atoms with van der Waals surface area (Å²) >= 11 is 0. The second kappa shape index (κ2) is 10.5. The molecular weight excluding hydrogens is 493 g/mol. The van der Waals surface area contributed by atoms with Crippen LogP contribution in [0.2, 0.25) is 0 Å². The van der Waals surface area contributed by atoms with E-state index in [0.717, 1.165) is 6.07 Å². The van der Waals surface area contributed by atoms with E-state index in [1.807, 2.05) is 0 Å². The lowest BCUT2D eigenvalue weighted by Crippen LogP contribution is -2.31. The Kier molecular flexibility index (Phi) is 7.41. The van der Waals surface area contributed by atoms with Gasteiger partial charge in [-0.1, -0.05) is 24.3 Å². The molecule has 0 amide bonds. The number of sulfonamides is 1. The second-order valence-electron chi connectivity index (χ2n) is 7.94. The van der Waals surface area contributed by atoms with Crippen molar-refractivity contribution in [2.24, 2.45) is 0 Å². The normalized spacial score (nSPS) is 12.1. The Morgan fingerprint density at radius 1 is 0.972 bits per heavy atom. The van der Waals surface area contributed by atoms with Gasteiger partial charge in [0.2, 0.25) is 10.0 Å². The van der Waals surface area contributed by atoms with Gasteiger partial charge < -0.3 is 9.30 Å². The van der Waals surface area contributed by atoms with Crippen molar-refractivity contribution in [1.29, 1.82) is 0 Å². The molecule has 0 aliphatic carbocycles. The molecule has 2 aromatic carbocycles. The lowest BCUT2D eigenvalue weighted by Gasteiger charge is -2.23. The number of pyridine rings is 1. The van der Waals surface area contributed by atoms with E-state index in [4.69, 9.17) is 4.74 Å². The Hall–Kier alpha value is -3.70. The summed E-state index contributed by atoms with van der Waals surface area (Å²) in [6, 6.07) is 14.7. The van der Waals surface area contributed by atoms with E-state index in [9.17, 15) is 21.6 Å². The first kappa shape index (κ1) is 25.4. The number of rotatable bonds is 9. The molecule has 0 bridgehead atoms. The molecule has 11 heteroatoms. The minimum absolute atomic E-state index is 0.00575. The maximum absolute atomic E-state index is 13.6. The number of aromatic nitrogens is 3. The van der Waals surface area contributed by atoms with Gasteiger partial charge in [0.05, 0.1) is 24.1 Å². The molecule has 0 fully saturated rings. The Balaban J connectivity index is 1.67. The first-order valence-corrected chi connectivity index (χ1v) is 12.3. The number of methoxy groups -OCH3 is 1. The van der Waals surface area contributed by atoms with Gasteiger partial charge >= 0.3 is 6.18 Å². The molecule has 0 aliphatic heterocycles. The number of nitrogens with zero attached hydrogens (tertiary/aromatic N) is 4. The van der Waals surface area contributed by atoms with Gasteiger partial charge in [0.25, 0.3) is 0 Å². The zero-order chi connectivity index (χ0) is 25.8. The summed E-state index contributed by atoms with van der Waals surface area (Å²) in [6.07, 6.45) is 1.60. The largest absolute Gasteiger partial charge is 0.497 e. The summed E-state index contributed by atoms with van der Waals surface area (Å²) < 4.78 is 75.6. The van der Waals surface area contributed by atoms with Crippen molar-refractivity contribution in [2.75, 3.05) is 7.11 Å². The Morgan fingerprint density at radius 3 is 2.39 bits per heavy atom. The number of benzene rings is 2. The fraction of sp³-hybridized carbons (Fsp3) is 0.200. The smallest absolute Gasteiger partial charge is 0.416 e. The average Bonchev–Trinajstić information content (AvgIpc) is 3.30. The number of imidazole rings is 1. The highest BCUT2D eigenvalue weighted by atomic mass is 32.2. The summed E-state index contributed by atoms with van der Waals surface area (Å²) in [4.78, 5) is 8.36. The zero-order valence-corrected chi connectivity index (χ0v) is 20.1. The minimum Gasteiger partial charge on any atom is -0.497 e. The third-order valence-electron chi connectivity index (χ3n) is 5.56. The number of ether oxygens (including phenoxy) is 1. The van der Waals surface area contributed by atoms with E-state index in [2.05, 4.69) is 9.97 Å². The summed E-state index contributed by atoms with van der Waals surface area (Å²) in [5.41, 5.74) is -0.0427. The topological polar surface area (TPSA) is 77.3 Å². The molecular formula is C25H23F3N4O3S. The number of alkyl halides is 3. The Bertz CT molecular complexity index is 1410. The van der Waals surface area contributed by atoms with Crippen LogP contribution in [0.1, 0.15) is 22.5 Å². The molecule has 4 aromatic rings. The van der Waals surface area contributed by atoms with Crippen molar-refractivity contribution in [3.8, 4) is 5.75 Å². The molecule has 0 spiro atoms. The average molecular weight is 517 g/mol. The molecule has 188 valence electrons. The first-order chi connectivity index (χ1) is 17.2. The number of halogens is 3. The van der Waals surface area contributed by atoms with Gasteiger partial charge in [-0.3, -0.25) is 4.98 Å². The lowest BCUT2D eigenvalue weighted by molar-refractivity contribution is -0.138. The molecule has 4 rings (SSSR count). The third-order valence-corrected chi connectivity index (χ3v) is 7.37. The van der Waals surface area contributed by atoms with Crippen LogP contribution < -0.4 is 4.74 Å². The van der Waals surface area contributed by atoms with Gasteiger partial charge in [0.15, 0.2) is 0 Å². The monoisotopic (exact) mass is 516 g/mol. The van der Waals surface area contributed by atoms with E-state index in [1.165, 1.54) is 58.7 Å². The summed E-state index contributed by atoms with van der Waals surface area (Å²) in [7, 11) is -2.52. The van der Waals surface area contributed by atoms with E-state index in [0.29, 0.717) is 17.1 Å². The molecule has 0 N–H and O–H groups in total. The molecule has 0 saturated carbocycles. The van der Waals surface area contributed by atoms with E-state index >= 15 is 0 Å². The molecule has 2 aromatic heterocycles. The molecule has 0 saturated heterocycles. The van der Waals surface area contributed by atoms with Crippen molar-refractivity contribution in [1.82, 2.24) is 18.8 Å². The predicted molar refractivity (Wildman–Crippen MR) is 126 cm³/mol. The van der Waals surface area contributed by atoms with Gasteiger partial charge in [-0.15, -0.1) is 0 Å². The van der Waals surface area contributed by atoms with Gasteiger partial charge in [0.1, 0.15) is 11.6 Å². The quantitative estimate of drug-likeness (QED) is 0.321. The maximum atomic E-state index is 13.6. The molecule has 36 heavy (non-hydrogen) atoms. The molecule has 0 unspecified atom stereocenters. The van der Waals surface area contributed by atoms with Crippen LogP contribution in [0.3, 0.4) is 0 Å². The van der Waals surface area contributed by atoms with Crippen molar-refractivity contribution < 1.29 is 26.3 Å². The van der Waals surface area contributed by atoms with E-state index in [1.54, 1.807) is 36.7 Å². The Morgan fingerprint density at radius 2 is 1.72 bits per heavy atom. The lowest BCUT2D eigenvalue weighted by atomic mass is 10.1. The highest BCUT2D eigenvalue weighted by molar-refractivity contribution is 7.89. The van der Waals surface area contributed by atoms with Crippen LogP contribution in [0, 0.1) is 0 Å².